The normalized spacial score (nSPS) is 16.5. The van der Waals surface area contributed by atoms with Crippen LogP contribution < -0.4 is 10.1 Å². The van der Waals surface area contributed by atoms with Gasteiger partial charge in [0.05, 0.1) is 38.6 Å². The molecular weight excluding hydrogens is 382 g/mol. The van der Waals surface area contributed by atoms with Crippen LogP contribution in [0.2, 0.25) is 0 Å². The fourth-order valence-corrected chi connectivity index (χ4v) is 3.96. The van der Waals surface area contributed by atoms with Crippen LogP contribution in [0.5, 0.6) is 11.5 Å². The van der Waals surface area contributed by atoms with Crippen LogP contribution in [-0.2, 0) is 0 Å². The summed E-state index contributed by atoms with van der Waals surface area (Å²) in [5.41, 5.74) is -0.254. The van der Waals surface area contributed by atoms with Gasteiger partial charge in [0, 0.05) is 10.3 Å². The monoisotopic (exact) mass is 391 g/mol. The van der Waals surface area contributed by atoms with Crippen LogP contribution in [0.4, 0.5) is 5.69 Å². The van der Waals surface area contributed by atoms with Crippen LogP contribution in [0.3, 0.4) is 0 Å². The van der Waals surface area contributed by atoms with Gasteiger partial charge in [-0.25, -0.2) is 0 Å². The highest BCUT2D eigenvalue weighted by Gasteiger charge is 2.41. The van der Waals surface area contributed by atoms with E-state index in [1.54, 1.807) is 24.3 Å². The molecule has 0 aliphatic carbocycles. The third-order valence-corrected chi connectivity index (χ3v) is 5.10. The van der Waals surface area contributed by atoms with Gasteiger partial charge in [-0.3, -0.25) is 35.1 Å². The van der Waals surface area contributed by atoms with Gasteiger partial charge >= 0.3 is 0 Å². The van der Waals surface area contributed by atoms with Crippen molar-refractivity contribution in [2.75, 3.05) is 0 Å². The minimum Gasteiger partial charge on any atom is -0.456 e. The lowest BCUT2D eigenvalue weighted by molar-refractivity contribution is -0.517. The maximum absolute atomic E-state index is 12.3. The zero-order chi connectivity index (χ0) is 20.4. The van der Waals surface area contributed by atoms with E-state index >= 15 is 0 Å². The fraction of sp³-hybridized carbons (Fsp3) is 0.0526. The van der Waals surface area contributed by atoms with Gasteiger partial charge in [-0.15, -0.1) is 0 Å². The molecule has 0 bridgehead atoms. The molecule has 2 heterocycles. The van der Waals surface area contributed by atoms with Gasteiger partial charge in [-0.1, -0.05) is 18.2 Å². The number of nitrogens with one attached hydrogen (secondary N) is 1. The van der Waals surface area contributed by atoms with E-state index in [0.29, 0.717) is 5.56 Å². The number of nitro groups is 2. The van der Waals surface area contributed by atoms with Gasteiger partial charge < -0.3 is 4.74 Å². The van der Waals surface area contributed by atoms with E-state index in [2.05, 4.69) is 5.32 Å². The van der Waals surface area contributed by atoms with Crippen molar-refractivity contribution >= 4 is 28.3 Å². The summed E-state index contributed by atoms with van der Waals surface area (Å²) < 4.78 is 5.75. The Kier molecular flexibility index (Phi) is 3.23. The minimum atomic E-state index is -1.35. The van der Waals surface area contributed by atoms with Crippen molar-refractivity contribution in [3.05, 3.63) is 84.9 Å². The first-order valence-corrected chi connectivity index (χ1v) is 8.42. The third-order valence-electron chi connectivity index (χ3n) is 5.10. The Bertz CT molecular complexity index is 1310. The van der Waals surface area contributed by atoms with Gasteiger partial charge in [0.15, 0.2) is 0 Å². The highest BCUT2D eigenvalue weighted by Crippen LogP contribution is 2.50. The molecule has 0 spiro atoms. The summed E-state index contributed by atoms with van der Waals surface area (Å²) in [4.78, 5) is 46.8. The van der Waals surface area contributed by atoms with Crippen molar-refractivity contribution in [3.8, 4) is 11.5 Å². The molecule has 0 radical (unpaired) electrons. The molecule has 10 heteroatoms. The van der Waals surface area contributed by atoms with E-state index in [1.165, 1.54) is 12.1 Å². The SMILES string of the molecule is O=C1NC(=O)c2c1ccc1c3c(cc([N+](=O)[O-])c21)Oc1ccccc1C3[N+](=O)[O-]. The molecule has 1 N–H and O–H groups in total. The second-order valence-corrected chi connectivity index (χ2v) is 6.59. The zero-order valence-corrected chi connectivity index (χ0v) is 14.4. The lowest BCUT2D eigenvalue weighted by atomic mass is 9.87. The average molecular weight is 391 g/mol. The second-order valence-electron chi connectivity index (χ2n) is 6.59. The number of fused-ring (bicyclic) bond motifs is 6. The molecule has 10 nitrogen and oxygen atoms in total. The number of carbonyl (C=O) groups is 2. The maximum atomic E-state index is 12.3. The van der Waals surface area contributed by atoms with E-state index in [9.17, 15) is 29.8 Å². The molecule has 1 unspecified atom stereocenters. The number of imide groups is 1. The molecular formula is C19H9N3O7. The molecule has 142 valence electrons. The summed E-state index contributed by atoms with van der Waals surface area (Å²) in [5, 5.41) is 25.8. The summed E-state index contributed by atoms with van der Waals surface area (Å²) in [5.74, 6) is -1.27. The Hall–Kier alpha value is -4.34. The summed E-state index contributed by atoms with van der Waals surface area (Å²) in [7, 11) is 0. The van der Waals surface area contributed by atoms with Crippen molar-refractivity contribution < 1.29 is 24.2 Å². The Morgan fingerprint density at radius 3 is 2.45 bits per heavy atom. The number of amides is 2. The first-order valence-electron chi connectivity index (χ1n) is 8.42. The van der Waals surface area contributed by atoms with Gasteiger partial charge in [0.1, 0.15) is 11.5 Å². The van der Waals surface area contributed by atoms with Crippen LogP contribution in [0, 0.1) is 20.2 Å². The number of hydrogen-bond acceptors (Lipinski definition) is 7. The molecule has 1 atom stereocenters. The number of benzene rings is 3. The minimum absolute atomic E-state index is 0.0136. The number of rotatable bonds is 2. The summed E-state index contributed by atoms with van der Waals surface area (Å²) >= 11 is 0. The van der Waals surface area contributed by atoms with Crippen molar-refractivity contribution in [2.24, 2.45) is 0 Å². The summed E-state index contributed by atoms with van der Waals surface area (Å²) in [6, 6.07) is 8.78. The number of ether oxygens (including phenoxy) is 1. The molecule has 0 saturated carbocycles. The van der Waals surface area contributed by atoms with Crippen LogP contribution in [0.25, 0.3) is 10.8 Å². The molecule has 0 saturated heterocycles. The largest absolute Gasteiger partial charge is 0.456 e. The quantitative estimate of drug-likeness (QED) is 0.402. The molecule has 0 fully saturated rings. The van der Waals surface area contributed by atoms with Crippen molar-refractivity contribution in [2.45, 2.75) is 6.04 Å². The zero-order valence-electron chi connectivity index (χ0n) is 14.4. The van der Waals surface area contributed by atoms with E-state index in [4.69, 9.17) is 4.74 Å². The van der Waals surface area contributed by atoms with Gasteiger partial charge in [0.25, 0.3) is 23.5 Å². The van der Waals surface area contributed by atoms with E-state index < -0.39 is 33.4 Å². The lowest BCUT2D eigenvalue weighted by Gasteiger charge is -2.24. The predicted molar refractivity (Wildman–Crippen MR) is 97.8 cm³/mol. The maximum Gasteiger partial charge on any atom is 0.281 e. The molecule has 2 aliphatic heterocycles. The van der Waals surface area contributed by atoms with E-state index in [0.717, 1.165) is 6.07 Å². The molecule has 3 aromatic carbocycles. The van der Waals surface area contributed by atoms with Crippen molar-refractivity contribution in [1.82, 2.24) is 5.32 Å². The van der Waals surface area contributed by atoms with Gasteiger partial charge in [-0.05, 0) is 18.2 Å². The molecule has 29 heavy (non-hydrogen) atoms. The Morgan fingerprint density at radius 2 is 1.72 bits per heavy atom. The third kappa shape index (κ3) is 2.16. The van der Waals surface area contributed by atoms with Crippen molar-refractivity contribution in [1.29, 1.82) is 0 Å². The first-order chi connectivity index (χ1) is 13.9. The molecule has 2 aliphatic rings. The molecule has 2 amide bonds. The number of carbonyl (C=O) groups excluding carboxylic acids is 2. The molecule has 3 aromatic rings. The van der Waals surface area contributed by atoms with Crippen LogP contribution in [-0.4, -0.2) is 21.7 Å². The van der Waals surface area contributed by atoms with Crippen LogP contribution >= 0.6 is 0 Å². The Balaban J connectivity index is 1.95. The fourth-order valence-electron chi connectivity index (χ4n) is 3.96. The smallest absolute Gasteiger partial charge is 0.281 e. The lowest BCUT2D eigenvalue weighted by Crippen LogP contribution is -2.20. The number of nitro benzene ring substituents is 1. The highest BCUT2D eigenvalue weighted by molar-refractivity contribution is 6.28. The standard InChI is InChI=1S/C19H9N3O7/c23-18-10-6-5-9-14(16(10)19(24)20-18)11(21(25)26)7-13-15(9)17(22(27)28)8-3-1-2-4-12(8)29-13/h1-7,17H,(H,20,23,24). The number of non-ortho nitro benzene ring substituents is 1. The predicted octanol–water partition coefficient (Wildman–Crippen LogP) is 3.10. The summed E-state index contributed by atoms with van der Waals surface area (Å²) in [6.45, 7) is 0. The van der Waals surface area contributed by atoms with Gasteiger partial charge in [0.2, 0.25) is 0 Å². The topological polar surface area (TPSA) is 142 Å². The number of para-hydroxylation sites is 1. The van der Waals surface area contributed by atoms with Gasteiger partial charge in [-0.2, -0.15) is 0 Å². The Morgan fingerprint density at radius 1 is 0.966 bits per heavy atom. The number of hydrogen-bond donors (Lipinski definition) is 1. The second kappa shape index (κ2) is 5.58. The van der Waals surface area contributed by atoms with Crippen LogP contribution in [0.15, 0.2) is 42.5 Å². The number of nitrogens with zero attached hydrogens (tertiary/aromatic N) is 2. The van der Waals surface area contributed by atoms with Crippen molar-refractivity contribution in [3.63, 3.8) is 0 Å². The molecule has 0 aromatic heterocycles. The summed E-state index contributed by atoms with van der Waals surface area (Å²) in [6.07, 6.45) is 0. The van der Waals surface area contributed by atoms with E-state index in [1.807, 2.05) is 0 Å². The Labute approximate surface area is 161 Å². The highest BCUT2D eigenvalue weighted by atomic mass is 16.6. The average Bonchev–Trinajstić information content (AvgIpc) is 2.98. The van der Waals surface area contributed by atoms with Crippen LogP contribution in [0.1, 0.15) is 37.9 Å². The first kappa shape index (κ1) is 16.8. The molecule has 5 rings (SSSR count). The van der Waals surface area contributed by atoms with E-state index in [-0.39, 0.29) is 39.0 Å².